The molecule has 10 heteroatoms. The lowest BCUT2D eigenvalue weighted by Gasteiger charge is -2.15. The van der Waals surface area contributed by atoms with Crippen molar-refractivity contribution in [3.63, 3.8) is 0 Å². The Bertz CT molecular complexity index is 977. The number of carbonyl (C=O) groups excluding carboxylic acids is 1. The van der Waals surface area contributed by atoms with Gasteiger partial charge >= 0.3 is 6.18 Å². The lowest BCUT2D eigenvalue weighted by atomic mass is 10.1. The van der Waals surface area contributed by atoms with Crippen LogP contribution in [0, 0.1) is 0 Å². The number of alkyl halides is 3. The first-order chi connectivity index (χ1) is 12.8. The number of amides is 1. The molecule has 0 atom stereocenters. The lowest BCUT2D eigenvalue weighted by Crippen LogP contribution is -2.16. The summed E-state index contributed by atoms with van der Waals surface area (Å²) < 4.78 is 40.5. The molecule has 0 saturated carbocycles. The van der Waals surface area contributed by atoms with E-state index in [9.17, 15) is 18.0 Å². The van der Waals surface area contributed by atoms with Gasteiger partial charge in [0, 0.05) is 4.90 Å². The summed E-state index contributed by atoms with van der Waals surface area (Å²) >= 11 is 7.49. The summed E-state index contributed by atoms with van der Waals surface area (Å²) in [7, 11) is 0. The van der Waals surface area contributed by atoms with Crippen LogP contribution in [-0.2, 0) is 6.18 Å². The highest BCUT2D eigenvalue weighted by Gasteiger charge is 2.31. The summed E-state index contributed by atoms with van der Waals surface area (Å²) in [6.07, 6.45) is -0.168. The van der Waals surface area contributed by atoms with Crippen LogP contribution in [0.2, 0.25) is 5.02 Å². The lowest BCUT2D eigenvalue weighted by molar-refractivity contribution is -0.137. The molecule has 1 N–H and O–H groups in total. The highest BCUT2D eigenvalue weighted by atomic mass is 35.5. The average molecular weight is 413 g/mol. The molecule has 2 aromatic carbocycles. The highest BCUT2D eigenvalue weighted by molar-refractivity contribution is 7.98. The first-order valence-electron chi connectivity index (χ1n) is 7.50. The standard InChI is InChI=1S/C17H12ClF3N4OS/c1-27-11-3-4-13(18)12(7-11)16(26)24-14-6-10(17(19,20)21)2-5-15(14)25-9-22-8-23-25/h2-9H,1H3,(H,24,26). The van der Waals surface area contributed by atoms with Gasteiger partial charge < -0.3 is 5.32 Å². The van der Waals surface area contributed by atoms with Gasteiger partial charge in [0.05, 0.1) is 27.5 Å². The van der Waals surface area contributed by atoms with E-state index < -0.39 is 17.6 Å². The van der Waals surface area contributed by atoms with E-state index in [1.165, 1.54) is 35.2 Å². The molecule has 0 fully saturated rings. The largest absolute Gasteiger partial charge is 0.416 e. The van der Waals surface area contributed by atoms with E-state index in [2.05, 4.69) is 15.4 Å². The summed E-state index contributed by atoms with van der Waals surface area (Å²) in [6, 6.07) is 7.86. The number of hydrogen-bond acceptors (Lipinski definition) is 4. The zero-order valence-electron chi connectivity index (χ0n) is 13.8. The topological polar surface area (TPSA) is 59.8 Å². The number of rotatable bonds is 4. The molecule has 0 bridgehead atoms. The molecule has 0 aliphatic rings. The summed E-state index contributed by atoms with van der Waals surface area (Å²) in [6.45, 7) is 0. The molecule has 5 nitrogen and oxygen atoms in total. The Labute approximate surface area is 161 Å². The fourth-order valence-corrected chi connectivity index (χ4v) is 2.98. The molecule has 0 spiro atoms. The zero-order valence-corrected chi connectivity index (χ0v) is 15.4. The fraction of sp³-hybridized carbons (Fsp3) is 0.118. The fourth-order valence-electron chi connectivity index (χ4n) is 2.34. The Balaban J connectivity index is 2.03. The van der Waals surface area contributed by atoms with Gasteiger partial charge in [0.1, 0.15) is 12.7 Å². The minimum atomic E-state index is -4.56. The normalized spacial score (nSPS) is 11.4. The summed E-state index contributed by atoms with van der Waals surface area (Å²) in [5, 5.41) is 6.60. The van der Waals surface area contributed by atoms with Crippen LogP contribution >= 0.6 is 23.4 Å². The van der Waals surface area contributed by atoms with Gasteiger partial charge in [-0.05, 0) is 42.7 Å². The Kier molecular flexibility index (Phi) is 5.43. The Morgan fingerprint density at radius 1 is 1.22 bits per heavy atom. The number of anilines is 1. The van der Waals surface area contributed by atoms with Crippen molar-refractivity contribution < 1.29 is 18.0 Å². The van der Waals surface area contributed by atoms with Crippen molar-refractivity contribution in [2.75, 3.05) is 11.6 Å². The van der Waals surface area contributed by atoms with E-state index in [0.717, 1.165) is 17.0 Å². The predicted molar refractivity (Wildman–Crippen MR) is 97.5 cm³/mol. The second kappa shape index (κ2) is 7.61. The number of thioether (sulfide) groups is 1. The molecule has 3 rings (SSSR count). The number of halogens is 4. The van der Waals surface area contributed by atoms with Crippen LogP contribution in [0.5, 0.6) is 0 Å². The van der Waals surface area contributed by atoms with E-state index in [1.807, 2.05) is 6.26 Å². The monoisotopic (exact) mass is 412 g/mol. The van der Waals surface area contributed by atoms with Gasteiger partial charge in [0.15, 0.2) is 0 Å². The van der Waals surface area contributed by atoms with E-state index >= 15 is 0 Å². The van der Waals surface area contributed by atoms with Gasteiger partial charge in [-0.3, -0.25) is 4.79 Å². The number of hydrogen-bond donors (Lipinski definition) is 1. The molecule has 0 aliphatic heterocycles. The quantitative estimate of drug-likeness (QED) is 0.618. The molecular formula is C17H12ClF3N4OS. The summed E-state index contributed by atoms with van der Waals surface area (Å²) in [4.78, 5) is 17.2. The first kappa shape index (κ1) is 19.2. The van der Waals surface area contributed by atoms with E-state index in [4.69, 9.17) is 11.6 Å². The SMILES string of the molecule is CSc1ccc(Cl)c(C(=O)Nc2cc(C(F)(F)F)ccc2-n2cncn2)c1. The third-order valence-corrected chi connectivity index (χ3v) is 4.71. The van der Waals surface area contributed by atoms with Gasteiger partial charge in [-0.25, -0.2) is 9.67 Å². The number of nitrogens with one attached hydrogen (secondary N) is 1. The number of nitrogens with zero attached hydrogens (tertiary/aromatic N) is 3. The van der Waals surface area contributed by atoms with Gasteiger partial charge in [0.2, 0.25) is 0 Å². The van der Waals surface area contributed by atoms with Crippen LogP contribution < -0.4 is 5.32 Å². The van der Waals surface area contributed by atoms with Crippen molar-refractivity contribution in [1.82, 2.24) is 14.8 Å². The number of benzene rings is 2. The molecular weight excluding hydrogens is 401 g/mol. The Morgan fingerprint density at radius 3 is 2.63 bits per heavy atom. The molecule has 27 heavy (non-hydrogen) atoms. The molecule has 0 unspecified atom stereocenters. The summed E-state index contributed by atoms with van der Waals surface area (Å²) in [5.41, 5.74) is -0.562. The zero-order chi connectivity index (χ0) is 19.6. The summed E-state index contributed by atoms with van der Waals surface area (Å²) in [5.74, 6) is -0.628. The van der Waals surface area contributed by atoms with Crippen LogP contribution in [0.4, 0.5) is 18.9 Å². The minimum absolute atomic E-state index is 0.0639. The molecule has 0 aliphatic carbocycles. The average Bonchev–Trinajstić information content (AvgIpc) is 3.15. The molecule has 1 amide bonds. The van der Waals surface area contributed by atoms with E-state index in [0.29, 0.717) is 0 Å². The Hall–Kier alpha value is -2.52. The predicted octanol–water partition coefficient (Wildman–Crippen LogP) is 4.91. The van der Waals surface area contributed by atoms with Crippen molar-refractivity contribution in [2.45, 2.75) is 11.1 Å². The third-order valence-electron chi connectivity index (χ3n) is 3.66. The van der Waals surface area contributed by atoms with Crippen LogP contribution in [0.15, 0.2) is 53.9 Å². The maximum Gasteiger partial charge on any atom is 0.416 e. The van der Waals surface area contributed by atoms with Crippen LogP contribution in [0.3, 0.4) is 0 Å². The van der Waals surface area contributed by atoms with Crippen molar-refractivity contribution in [2.24, 2.45) is 0 Å². The molecule has 0 radical (unpaired) electrons. The van der Waals surface area contributed by atoms with Gasteiger partial charge in [0.25, 0.3) is 5.91 Å². The first-order valence-corrected chi connectivity index (χ1v) is 9.11. The van der Waals surface area contributed by atoms with Crippen molar-refractivity contribution in [3.8, 4) is 5.69 Å². The number of aromatic nitrogens is 3. The molecule has 3 aromatic rings. The smallest absolute Gasteiger partial charge is 0.320 e. The second-order valence-electron chi connectivity index (χ2n) is 5.37. The maximum atomic E-state index is 13.1. The van der Waals surface area contributed by atoms with E-state index in [1.54, 1.807) is 18.2 Å². The minimum Gasteiger partial charge on any atom is -0.320 e. The van der Waals surface area contributed by atoms with Crippen molar-refractivity contribution in [3.05, 3.63) is 65.2 Å². The highest BCUT2D eigenvalue weighted by Crippen LogP contribution is 2.34. The molecule has 140 valence electrons. The van der Waals surface area contributed by atoms with Crippen molar-refractivity contribution in [1.29, 1.82) is 0 Å². The van der Waals surface area contributed by atoms with Crippen molar-refractivity contribution >= 4 is 35.0 Å². The van der Waals surface area contributed by atoms with Crippen LogP contribution in [0.25, 0.3) is 5.69 Å². The number of carbonyl (C=O) groups is 1. The molecule has 0 saturated heterocycles. The Morgan fingerprint density at radius 2 is 2.00 bits per heavy atom. The van der Waals surface area contributed by atoms with E-state index in [-0.39, 0.29) is 22.0 Å². The maximum absolute atomic E-state index is 13.1. The van der Waals surface area contributed by atoms with Crippen LogP contribution in [0.1, 0.15) is 15.9 Å². The molecule has 1 aromatic heterocycles. The van der Waals surface area contributed by atoms with Gasteiger partial charge in [-0.1, -0.05) is 11.6 Å². The second-order valence-corrected chi connectivity index (χ2v) is 6.66. The van der Waals surface area contributed by atoms with Crippen LogP contribution in [-0.4, -0.2) is 26.9 Å². The van der Waals surface area contributed by atoms with Gasteiger partial charge in [-0.2, -0.15) is 18.3 Å². The molecule has 1 heterocycles. The third kappa shape index (κ3) is 4.25. The van der Waals surface area contributed by atoms with Gasteiger partial charge in [-0.15, -0.1) is 11.8 Å².